The first-order chi connectivity index (χ1) is 12.1. The second-order valence-electron chi connectivity index (χ2n) is 6.26. The van der Waals surface area contributed by atoms with Crippen LogP contribution in [0.25, 0.3) is 5.69 Å². The van der Waals surface area contributed by atoms with Gasteiger partial charge in [0.15, 0.2) is 0 Å². The molecule has 0 unspecified atom stereocenters. The first-order valence-corrected chi connectivity index (χ1v) is 8.75. The minimum absolute atomic E-state index is 0.0152. The molecule has 0 spiro atoms. The molecule has 2 heterocycles. The summed E-state index contributed by atoms with van der Waals surface area (Å²) in [4.78, 5) is 26.0. The quantitative estimate of drug-likeness (QED) is 0.911. The summed E-state index contributed by atoms with van der Waals surface area (Å²) in [5.41, 5.74) is 1.42. The summed E-state index contributed by atoms with van der Waals surface area (Å²) in [6.45, 7) is 1.35. The van der Waals surface area contributed by atoms with E-state index in [1.807, 2.05) is 17.0 Å². The Morgan fingerprint density at radius 1 is 1.24 bits per heavy atom. The van der Waals surface area contributed by atoms with Crippen LogP contribution in [0.3, 0.4) is 0 Å². The number of hydrogen-bond acceptors (Lipinski definition) is 3. The lowest BCUT2D eigenvalue weighted by atomic mass is 9.93. The molecule has 1 aliphatic heterocycles. The van der Waals surface area contributed by atoms with Crippen molar-refractivity contribution >= 4 is 23.4 Å². The van der Waals surface area contributed by atoms with Gasteiger partial charge in [-0.05, 0) is 43.0 Å². The smallest absolute Gasteiger partial charge is 0.257 e. The lowest BCUT2D eigenvalue weighted by Crippen LogP contribution is -2.39. The second kappa shape index (κ2) is 7.70. The van der Waals surface area contributed by atoms with E-state index >= 15 is 0 Å². The monoisotopic (exact) mass is 360 g/mol. The van der Waals surface area contributed by atoms with Crippen LogP contribution >= 0.6 is 11.6 Å². The summed E-state index contributed by atoms with van der Waals surface area (Å²) >= 11 is 5.89. The number of rotatable bonds is 4. The molecule has 1 N–H and O–H groups in total. The van der Waals surface area contributed by atoms with Crippen molar-refractivity contribution in [1.29, 1.82) is 0 Å². The third-order valence-electron chi connectivity index (χ3n) is 4.58. The Morgan fingerprint density at radius 3 is 2.56 bits per heavy atom. The van der Waals surface area contributed by atoms with Gasteiger partial charge in [0, 0.05) is 37.8 Å². The molecule has 2 amide bonds. The molecule has 6 nitrogen and oxygen atoms in total. The maximum absolute atomic E-state index is 12.7. The van der Waals surface area contributed by atoms with E-state index < -0.39 is 0 Å². The van der Waals surface area contributed by atoms with Gasteiger partial charge in [-0.1, -0.05) is 11.6 Å². The van der Waals surface area contributed by atoms with E-state index in [0.29, 0.717) is 36.0 Å². The van der Waals surface area contributed by atoms with E-state index in [0.717, 1.165) is 18.5 Å². The van der Waals surface area contributed by atoms with Gasteiger partial charge in [0.05, 0.1) is 17.4 Å². The number of halogens is 1. The van der Waals surface area contributed by atoms with Crippen molar-refractivity contribution < 1.29 is 9.59 Å². The number of benzene rings is 1. The predicted molar refractivity (Wildman–Crippen MR) is 95.9 cm³/mol. The van der Waals surface area contributed by atoms with Crippen LogP contribution in [0.4, 0.5) is 0 Å². The number of piperidine rings is 1. The normalized spacial score (nSPS) is 15.2. The Morgan fingerprint density at radius 2 is 1.92 bits per heavy atom. The molecular formula is C18H21ClN4O2. The molecule has 1 fully saturated rings. The van der Waals surface area contributed by atoms with Crippen LogP contribution in [-0.2, 0) is 4.79 Å². The van der Waals surface area contributed by atoms with E-state index in [4.69, 9.17) is 11.6 Å². The van der Waals surface area contributed by atoms with E-state index in [1.54, 1.807) is 36.3 Å². The topological polar surface area (TPSA) is 67.2 Å². The highest BCUT2D eigenvalue weighted by atomic mass is 35.5. The Hall–Kier alpha value is -2.34. The number of hydrogen-bond donors (Lipinski definition) is 1. The standard InChI is InChI=1S/C18H21ClN4O2/c1-20-17(24)10-13-6-8-22(9-7-13)18(25)14-11-21-23(12-14)16-4-2-15(19)3-5-16/h2-5,11-13H,6-10H2,1H3,(H,20,24). The molecule has 25 heavy (non-hydrogen) atoms. The Labute approximate surface area is 151 Å². The summed E-state index contributed by atoms with van der Waals surface area (Å²) in [6.07, 6.45) is 5.57. The highest BCUT2D eigenvalue weighted by molar-refractivity contribution is 6.30. The fourth-order valence-electron chi connectivity index (χ4n) is 3.06. The zero-order valence-electron chi connectivity index (χ0n) is 14.1. The number of likely N-dealkylation sites (tertiary alicyclic amines) is 1. The van der Waals surface area contributed by atoms with Gasteiger partial charge in [0.1, 0.15) is 0 Å². The maximum atomic E-state index is 12.7. The van der Waals surface area contributed by atoms with Gasteiger partial charge >= 0.3 is 0 Å². The first-order valence-electron chi connectivity index (χ1n) is 8.37. The summed E-state index contributed by atoms with van der Waals surface area (Å²) in [6, 6.07) is 7.29. The lowest BCUT2D eigenvalue weighted by molar-refractivity contribution is -0.121. The summed E-state index contributed by atoms with van der Waals surface area (Å²) in [7, 11) is 1.65. The number of amides is 2. The second-order valence-corrected chi connectivity index (χ2v) is 6.70. The Kier molecular flexibility index (Phi) is 5.38. The number of nitrogens with one attached hydrogen (secondary N) is 1. The van der Waals surface area contributed by atoms with Crippen LogP contribution in [0.5, 0.6) is 0 Å². The van der Waals surface area contributed by atoms with Crippen LogP contribution in [0.15, 0.2) is 36.7 Å². The van der Waals surface area contributed by atoms with Gasteiger partial charge in [-0.15, -0.1) is 0 Å². The SMILES string of the molecule is CNC(=O)CC1CCN(C(=O)c2cnn(-c3ccc(Cl)cc3)c2)CC1. The maximum Gasteiger partial charge on any atom is 0.257 e. The fraction of sp³-hybridized carbons (Fsp3) is 0.389. The average Bonchev–Trinajstić information content (AvgIpc) is 3.12. The molecular weight excluding hydrogens is 340 g/mol. The number of carbonyl (C=O) groups excluding carboxylic acids is 2. The largest absolute Gasteiger partial charge is 0.359 e. The Balaban J connectivity index is 1.61. The molecule has 0 radical (unpaired) electrons. The van der Waals surface area contributed by atoms with Crippen LogP contribution in [0, 0.1) is 5.92 Å². The number of carbonyl (C=O) groups is 2. The van der Waals surface area contributed by atoms with Crippen LogP contribution < -0.4 is 5.32 Å². The molecule has 1 saturated heterocycles. The minimum Gasteiger partial charge on any atom is -0.359 e. The summed E-state index contributed by atoms with van der Waals surface area (Å²) < 4.78 is 1.67. The zero-order valence-corrected chi connectivity index (χ0v) is 14.9. The molecule has 1 aromatic carbocycles. The van der Waals surface area contributed by atoms with Crippen LogP contribution in [0.2, 0.25) is 5.02 Å². The summed E-state index contributed by atoms with van der Waals surface area (Å²) in [5, 5.41) is 7.58. The molecule has 0 bridgehead atoms. The van der Waals surface area contributed by atoms with Gasteiger partial charge in [0.25, 0.3) is 5.91 Å². The molecule has 7 heteroatoms. The van der Waals surface area contributed by atoms with Crippen molar-refractivity contribution in [3.8, 4) is 5.69 Å². The average molecular weight is 361 g/mol. The molecule has 1 aliphatic rings. The van der Waals surface area contributed by atoms with E-state index in [2.05, 4.69) is 10.4 Å². The van der Waals surface area contributed by atoms with Gasteiger partial charge < -0.3 is 10.2 Å². The van der Waals surface area contributed by atoms with Crippen molar-refractivity contribution in [3.63, 3.8) is 0 Å². The minimum atomic E-state index is -0.0152. The van der Waals surface area contributed by atoms with Crippen molar-refractivity contribution in [3.05, 3.63) is 47.2 Å². The van der Waals surface area contributed by atoms with Gasteiger partial charge in [-0.3, -0.25) is 9.59 Å². The van der Waals surface area contributed by atoms with Crippen molar-refractivity contribution in [2.75, 3.05) is 20.1 Å². The fourth-order valence-corrected chi connectivity index (χ4v) is 3.18. The first kappa shape index (κ1) is 17.5. The molecule has 132 valence electrons. The van der Waals surface area contributed by atoms with Crippen molar-refractivity contribution in [2.45, 2.75) is 19.3 Å². The molecule has 1 aromatic heterocycles. The molecule has 3 rings (SSSR count). The third kappa shape index (κ3) is 4.20. The van der Waals surface area contributed by atoms with Gasteiger partial charge in [-0.25, -0.2) is 4.68 Å². The molecule has 0 aliphatic carbocycles. The van der Waals surface area contributed by atoms with Gasteiger partial charge in [0.2, 0.25) is 5.91 Å². The van der Waals surface area contributed by atoms with Crippen molar-refractivity contribution in [1.82, 2.24) is 20.0 Å². The zero-order chi connectivity index (χ0) is 17.8. The van der Waals surface area contributed by atoms with E-state index in [1.165, 1.54) is 0 Å². The van der Waals surface area contributed by atoms with E-state index in [-0.39, 0.29) is 11.8 Å². The highest BCUT2D eigenvalue weighted by Crippen LogP contribution is 2.22. The lowest BCUT2D eigenvalue weighted by Gasteiger charge is -2.31. The van der Waals surface area contributed by atoms with Crippen LogP contribution in [0.1, 0.15) is 29.6 Å². The molecule has 0 atom stereocenters. The van der Waals surface area contributed by atoms with Gasteiger partial charge in [-0.2, -0.15) is 5.10 Å². The highest BCUT2D eigenvalue weighted by Gasteiger charge is 2.25. The number of aromatic nitrogens is 2. The summed E-state index contributed by atoms with van der Waals surface area (Å²) in [5.74, 6) is 0.397. The number of nitrogens with zero attached hydrogens (tertiary/aromatic N) is 3. The molecule has 0 saturated carbocycles. The van der Waals surface area contributed by atoms with Crippen LogP contribution in [-0.4, -0.2) is 46.6 Å². The van der Waals surface area contributed by atoms with E-state index in [9.17, 15) is 9.59 Å². The predicted octanol–water partition coefficient (Wildman–Crippen LogP) is 2.51. The molecule has 2 aromatic rings. The third-order valence-corrected chi connectivity index (χ3v) is 4.83. The van der Waals surface area contributed by atoms with Crippen molar-refractivity contribution in [2.24, 2.45) is 5.92 Å². The Bertz CT molecular complexity index is 749.